The molecule has 3 aromatic rings. The van der Waals surface area contributed by atoms with Crippen LogP contribution in [-0.4, -0.2) is 32.3 Å². The average molecular weight is 468 g/mol. The number of aromatic nitrogens is 3. The van der Waals surface area contributed by atoms with Crippen LogP contribution in [0.15, 0.2) is 72.4 Å². The highest BCUT2D eigenvalue weighted by Crippen LogP contribution is 2.26. The van der Waals surface area contributed by atoms with Crippen molar-refractivity contribution in [2.24, 2.45) is 5.92 Å². The van der Waals surface area contributed by atoms with Gasteiger partial charge in [-0.2, -0.15) is 0 Å². The molecule has 3 rings (SSSR count). The van der Waals surface area contributed by atoms with Crippen molar-refractivity contribution in [3.63, 3.8) is 0 Å². The number of benzene rings is 2. The molecule has 0 radical (unpaired) electrons. The molecule has 1 atom stereocenters. The molecule has 1 heterocycles. The zero-order chi connectivity index (χ0) is 23.8. The van der Waals surface area contributed by atoms with E-state index in [1.807, 2.05) is 24.5 Å². The molecular weight excluding hydrogens is 441 g/mol. The fourth-order valence-corrected chi connectivity index (χ4v) is 3.91. The van der Waals surface area contributed by atoms with Crippen LogP contribution < -0.4 is 10.6 Å². The first kappa shape index (κ1) is 24.2. The molecule has 0 spiro atoms. The van der Waals surface area contributed by atoms with Gasteiger partial charge in [0.15, 0.2) is 11.0 Å². The van der Waals surface area contributed by atoms with Crippen LogP contribution in [0.4, 0.5) is 10.1 Å². The van der Waals surface area contributed by atoms with Gasteiger partial charge in [-0.15, -0.1) is 16.8 Å². The Balaban J connectivity index is 1.75. The molecule has 0 saturated carbocycles. The number of thioether (sulfide) groups is 1. The number of rotatable bonds is 10. The molecule has 0 bridgehead atoms. The van der Waals surface area contributed by atoms with Gasteiger partial charge in [0.2, 0.25) is 5.91 Å². The molecule has 9 heteroatoms. The lowest BCUT2D eigenvalue weighted by Crippen LogP contribution is -2.33. The van der Waals surface area contributed by atoms with Crippen molar-refractivity contribution < 1.29 is 14.0 Å². The van der Waals surface area contributed by atoms with Crippen LogP contribution >= 0.6 is 11.8 Å². The second-order valence-electron chi connectivity index (χ2n) is 7.62. The first-order valence-corrected chi connectivity index (χ1v) is 11.5. The van der Waals surface area contributed by atoms with Crippen LogP contribution in [0, 0.1) is 11.7 Å². The van der Waals surface area contributed by atoms with Crippen molar-refractivity contribution in [2.45, 2.75) is 31.6 Å². The maximum absolute atomic E-state index is 13.8. The minimum absolute atomic E-state index is 0.0202. The first-order valence-electron chi connectivity index (χ1n) is 10.5. The number of carbonyl (C=O) groups excluding carboxylic acids is 2. The zero-order valence-electron chi connectivity index (χ0n) is 18.5. The SMILES string of the molecule is C=CCn1c(SCC(=O)Nc2ccccc2F)nnc1C(NC(=O)c1ccccc1)C(C)C. The fraction of sp³-hybridized carbons (Fsp3) is 0.250. The van der Waals surface area contributed by atoms with Crippen molar-refractivity contribution in [3.05, 3.63) is 84.5 Å². The van der Waals surface area contributed by atoms with E-state index in [4.69, 9.17) is 0 Å². The summed E-state index contributed by atoms with van der Waals surface area (Å²) in [5.41, 5.74) is 0.678. The van der Waals surface area contributed by atoms with E-state index in [9.17, 15) is 14.0 Å². The molecule has 172 valence electrons. The topological polar surface area (TPSA) is 88.9 Å². The predicted molar refractivity (Wildman–Crippen MR) is 127 cm³/mol. The Morgan fingerprint density at radius 3 is 2.48 bits per heavy atom. The highest BCUT2D eigenvalue weighted by atomic mass is 32.2. The summed E-state index contributed by atoms with van der Waals surface area (Å²) in [4.78, 5) is 25.1. The monoisotopic (exact) mass is 467 g/mol. The van der Waals surface area contributed by atoms with E-state index in [2.05, 4.69) is 27.4 Å². The molecule has 33 heavy (non-hydrogen) atoms. The van der Waals surface area contributed by atoms with Crippen LogP contribution in [0.3, 0.4) is 0 Å². The number of anilines is 1. The minimum atomic E-state index is -0.498. The van der Waals surface area contributed by atoms with Gasteiger partial charge in [0, 0.05) is 12.1 Å². The highest BCUT2D eigenvalue weighted by molar-refractivity contribution is 7.99. The van der Waals surface area contributed by atoms with Gasteiger partial charge in [-0.1, -0.05) is 62.0 Å². The molecular formula is C24H26FN5O2S. The van der Waals surface area contributed by atoms with E-state index < -0.39 is 11.9 Å². The highest BCUT2D eigenvalue weighted by Gasteiger charge is 2.26. The van der Waals surface area contributed by atoms with Gasteiger partial charge in [-0.3, -0.25) is 9.59 Å². The molecule has 2 N–H and O–H groups in total. The Morgan fingerprint density at radius 2 is 1.82 bits per heavy atom. The number of carbonyl (C=O) groups is 2. The smallest absolute Gasteiger partial charge is 0.251 e. The molecule has 1 aromatic heterocycles. The number of nitrogens with zero attached hydrogens (tertiary/aromatic N) is 3. The van der Waals surface area contributed by atoms with E-state index in [0.717, 1.165) is 0 Å². The molecule has 0 fully saturated rings. The average Bonchev–Trinajstić information content (AvgIpc) is 3.20. The van der Waals surface area contributed by atoms with E-state index in [1.54, 1.807) is 42.5 Å². The predicted octanol–water partition coefficient (Wildman–Crippen LogP) is 4.46. The van der Waals surface area contributed by atoms with Gasteiger partial charge in [-0.25, -0.2) is 4.39 Å². The van der Waals surface area contributed by atoms with Crippen LogP contribution in [-0.2, 0) is 11.3 Å². The molecule has 0 aliphatic heterocycles. The summed E-state index contributed by atoms with van der Waals surface area (Å²) in [6.07, 6.45) is 1.70. The third-order valence-electron chi connectivity index (χ3n) is 4.80. The van der Waals surface area contributed by atoms with Gasteiger partial charge >= 0.3 is 0 Å². The summed E-state index contributed by atoms with van der Waals surface area (Å²) in [5.74, 6) is -0.439. The van der Waals surface area contributed by atoms with Crippen molar-refractivity contribution in [1.82, 2.24) is 20.1 Å². The van der Waals surface area contributed by atoms with Crippen molar-refractivity contribution >= 4 is 29.3 Å². The van der Waals surface area contributed by atoms with Crippen molar-refractivity contribution in [2.75, 3.05) is 11.1 Å². The number of allylic oxidation sites excluding steroid dienone is 1. The van der Waals surface area contributed by atoms with Gasteiger partial charge < -0.3 is 15.2 Å². The second kappa shape index (κ2) is 11.4. The van der Waals surface area contributed by atoms with E-state index in [1.165, 1.54) is 23.9 Å². The number of hydrogen-bond donors (Lipinski definition) is 2. The molecule has 2 aromatic carbocycles. The fourth-order valence-electron chi connectivity index (χ4n) is 3.16. The Bertz CT molecular complexity index is 1120. The summed E-state index contributed by atoms with van der Waals surface area (Å²) in [6, 6.07) is 14.5. The van der Waals surface area contributed by atoms with Gasteiger partial charge in [-0.05, 0) is 30.2 Å². The van der Waals surface area contributed by atoms with Gasteiger partial charge in [0.05, 0.1) is 17.5 Å². The van der Waals surface area contributed by atoms with Crippen molar-refractivity contribution in [3.8, 4) is 0 Å². The summed E-state index contributed by atoms with van der Waals surface area (Å²) < 4.78 is 15.6. The second-order valence-corrected chi connectivity index (χ2v) is 8.56. The summed E-state index contributed by atoms with van der Waals surface area (Å²) in [6.45, 7) is 8.17. The van der Waals surface area contributed by atoms with E-state index in [-0.39, 0.29) is 29.2 Å². The third kappa shape index (κ3) is 6.29. The molecule has 2 amide bonds. The number of hydrogen-bond acceptors (Lipinski definition) is 5. The summed E-state index contributed by atoms with van der Waals surface area (Å²) >= 11 is 1.18. The van der Waals surface area contributed by atoms with Crippen LogP contribution in [0.2, 0.25) is 0 Å². The van der Waals surface area contributed by atoms with Crippen molar-refractivity contribution in [1.29, 1.82) is 0 Å². The van der Waals surface area contributed by atoms with Gasteiger partial charge in [0.1, 0.15) is 5.82 Å². The maximum atomic E-state index is 13.8. The third-order valence-corrected chi connectivity index (χ3v) is 5.77. The quantitative estimate of drug-likeness (QED) is 0.339. The Morgan fingerprint density at radius 1 is 1.12 bits per heavy atom. The Hall–Kier alpha value is -3.46. The lowest BCUT2D eigenvalue weighted by atomic mass is 10.0. The summed E-state index contributed by atoms with van der Waals surface area (Å²) in [5, 5.41) is 14.7. The van der Waals surface area contributed by atoms with Crippen LogP contribution in [0.25, 0.3) is 0 Å². The maximum Gasteiger partial charge on any atom is 0.251 e. The standard InChI is InChI=1S/C24H26FN5O2S/c1-4-14-30-22(21(16(2)3)27-23(32)17-10-6-5-7-11-17)28-29-24(30)33-15-20(31)26-19-13-9-8-12-18(19)25/h4-13,16,21H,1,14-15H2,2-3H3,(H,26,31)(H,27,32). The first-order chi connectivity index (χ1) is 15.9. The Kier molecular flexibility index (Phi) is 8.37. The lowest BCUT2D eigenvalue weighted by molar-refractivity contribution is -0.113. The number of nitrogens with one attached hydrogen (secondary N) is 2. The molecule has 0 aliphatic rings. The molecule has 0 aliphatic carbocycles. The minimum Gasteiger partial charge on any atom is -0.342 e. The van der Waals surface area contributed by atoms with Crippen LogP contribution in [0.5, 0.6) is 0 Å². The largest absolute Gasteiger partial charge is 0.342 e. The normalized spacial score (nSPS) is 11.8. The molecule has 7 nitrogen and oxygen atoms in total. The number of amides is 2. The van der Waals surface area contributed by atoms with E-state index in [0.29, 0.717) is 23.1 Å². The molecule has 0 saturated heterocycles. The molecule has 1 unspecified atom stereocenters. The number of para-hydroxylation sites is 1. The van der Waals surface area contributed by atoms with Crippen LogP contribution in [0.1, 0.15) is 36.1 Å². The lowest BCUT2D eigenvalue weighted by Gasteiger charge is -2.22. The zero-order valence-corrected chi connectivity index (χ0v) is 19.3. The number of halogens is 1. The Labute approximate surface area is 196 Å². The summed E-state index contributed by atoms with van der Waals surface area (Å²) in [7, 11) is 0. The van der Waals surface area contributed by atoms with Gasteiger partial charge in [0.25, 0.3) is 5.91 Å². The van der Waals surface area contributed by atoms with E-state index >= 15 is 0 Å².